The maximum absolute atomic E-state index is 12.0. The van der Waals surface area contributed by atoms with Gasteiger partial charge in [-0.15, -0.1) is 0 Å². The number of carbonyl (C=O) groups excluding carboxylic acids is 1. The third kappa shape index (κ3) is 3.95. The van der Waals surface area contributed by atoms with Crippen LogP contribution in [0.2, 0.25) is 0 Å². The predicted octanol–water partition coefficient (Wildman–Crippen LogP) is 1.44. The number of hydrogen-bond acceptors (Lipinski definition) is 3. The molecule has 1 saturated carbocycles. The molecule has 1 aliphatic heterocycles. The zero-order valence-electron chi connectivity index (χ0n) is 11.4. The van der Waals surface area contributed by atoms with E-state index in [1.165, 1.54) is 6.42 Å². The summed E-state index contributed by atoms with van der Waals surface area (Å²) in [4.78, 5) is 12.0. The largest absolute Gasteiger partial charge is 0.381 e. The first-order valence-electron chi connectivity index (χ1n) is 7.28. The quantitative estimate of drug-likeness (QED) is 0.798. The maximum atomic E-state index is 12.0. The highest BCUT2D eigenvalue weighted by molar-refractivity contribution is 5.76. The molecule has 1 aliphatic carbocycles. The number of nitrogens with one attached hydrogen (secondary N) is 1. The molecule has 2 rings (SSSR count). The summed E-state index contributed by atoms with van der Waals surface area (Å²) in [6.45, 7) is 3.71. The van der Waals surface area contributed by atoms with Crippen molar-refractivity contribution in [3.8, 4) is 0 Å². The van der Waals surface area contributed by atoms with Gasteiger partial charge in [0.15, 0.2) is 0 Å². The number of nitrogens with two attached hydrogens (primary N) is 1. The molecule has 0 radical (unpaired) electrons. The topological polar surface area (TPSA) is 64.4 Å². The van der Waals surface area contributed by atoms with Gasteiger partial charge < -0.3 is 15.8 Å². The van der Waals surface area contributed by atoms with E-state index in [-0.39, 0.29) is 11.9 Å². The molecule has 0 bridgehead atoms. The van der Waals surface area contributed by atoms with Gasteiger partial charge in [0.05, 0.1) is 6.61 Å². The van der Waals surface area contributed by atoms with Gasteiger partial charge in [-0.05, 0) is 38.5 Å². The fraction of sp³-hybridized carbons (Fsp3) is 0.929. The van der Waals surface area contributed by atoms with Crippen LogP contribution < -0.4 is 11.1 Å². The van der Waals surface area contributed by atoms with Gasteiger partial charge in [-0.1, -0.05) is 6.42 Å². The predicted molar refractivity (Wildman–Crippen MR) is 71.1 cm³/mol. The van der Waals surface area contributed by atoms with Crippen LogP contribution in [-0.2, 0) is 9.53 Å². The van der Waals surface area contributed by atoms with Crippen LogP contribution in [0.3, 0.4) is 0 Å². The van der Waals surface area contributed by atoms with Crippen LogP contribution in [0.1, 0.15) is 45.4 Å². The van der Waals surface area contributed by atoms with Crippen molar-refractivity contribution in [2.45, 2.75) is 57.5 Å². The minimum absolute atomic E-state index is 0.188. The third-order valence-corrected chi connectivity index (χ3v) is 4.36. The monoisotopic (exact) mass is 254 g/mol. The van der Waals surface area contributed by atoms with Crippen molar-refractivity contribution in [1.82, 2.24) is 5.32 Å². The van der Waals surface area contributed by atoms with Crippen molar-refractivity contribution in [3.63, 3.8) is 0 Å². The fourth-order valence-corrected chi connectivity index (χ4v) is 3.16. The van der Waals surface area contributed by atoms with E-state index in [0.29, 0.717) is 24.3 Å². The van der Waals surface area contributed by atoms with Gasteiger partial charge in [0.2, 0.25) is 5.91 Å². The molecule has 1 heterocycles. The zero-order valence-corrected chi connectivity index (χ0v) is 11.4. The van der Waals surface area contributed by atoms with Crippen LogP contribution in [0.15, 0.2) is 0 Å². The maximum Gasteiger partial charge on any atom is 0.220 e. The van der Waals surface area contributed by atoms with Crippen molar-refractivity contribution in [3.05, 3.63) is 0 Å². The lowest BCUT2D eigenvalue weighted by molar-refractivity contribution is -0.123. The summed E-state index contributed by atoms with van der Waals surface area (Å²) in [6, 6.07) is 0.537. The van der Waals surface area contributed by atoms with Crippen LogP contribution >= 0.6 is 0 Å². The first kappa shape index (κ1) is 13.8. The van der Waals surface area contributed by atoms with Crippen molar-refractivity contribution in [2.75, 3.05) is 13.2 Å². The summed E-state index contributed by atoms with van der Waals surface area (Å²) in [5.41, 5.74) is 5.95. The van der Waals surface area contributed by atoms with Crippen molar-refractivity contribution >= 4 is 5.91 Å². The Labute approximate surface area is 110 Å². The lowest BCUT2D eigenvalue weighted by Gasteiger charge is -2.27. The molecule has 2 aliphatic rings. The Balaban J connectivity index is 1.70. The molecular formula is C14H26N2O2. The molecule has 4 nitrogen and oxygen atoms in total. The molecule has 0 aromatic heterocycles. The SMILES string of the molecule is CC(NC(=O)CC1CCCC(N)C1)C1CCOC1. The highest BCUT2D eigenvalue weighted by atomic mass is 16.5. The Kier molecular flexibility index (Phi) is 5.01. The Hall–Kier alpha value is -0.610. The van der Waals surface area contributed by atoms with E-state index >= 15 is 0 Å². The highest BCUT2D eigenvalue weighted by Gasteiger charge is 2.26. The van der Waals surface area contributed by atoms with Gasteiger partial charge in [0.1, 0.15) is 0 Å². The first-order valence-corrected chi connectivity index (χ1v) is 7.28. The Morgan fingerprint density at radius 3 is 2.94 bits per heavy atom. The van der Waals surface area contributed by atoms with Crippen molar-refractivity contribution < 1.29 is 9.53 Å². The number of rotatable bonds is 4. The number of amides is 1. The molecule has 0 spiro atoms. The molecular weight excluding hydrogens is 228 g/mol. The standard InChI is InChI=1S/C14H26N2O2/c1-10(12-5-6-18-9-12)16-14(17)8-11-3-2-4-13(15)7-11/h10-13H,2-9,15H2,1H3,(H,16,17). The number of carbonyl (C=O) groups is 1. The van der Waals surface area contributed by atoms with Gasteiger partial charge in [0.25, 0.3) is 0 Å². The molecule has 3 N–H and O–H groups in total. The second-order valence-corrected chi connectivity index (χ2v) is 5.98. The average molecular weight is 254 g/mol. The van der Waals surface area contributed by atoms with E-state index < -0.39 is 0 Å². The molecule has 4 unspecified atom stereocenters. The first-order chi connectivity index (χ1) is 8.65. The number of ether oxygens (including phenoxy) is 1. The van der Waals surface area contributed by atoms with E-state index in [1.54, 1.807) is 0 Å². The molecule has 0 aromatic carbocycles. The molecule has 4 atom stereocenters. The second kappa shape index (κ2) is 6.53. The third-order valence-electron chi connectivity index (χ3n) is 4.36. The van der Waals surface area contributed by atoms with Crippen LogP contribution in [0.25, 0.3) is 0 Å². The normalized spacial score (nSPS) is 34.2. The van der Waals surface area contributed by atoms with E-state index in [9.17, 15) is 4.79 Å². The molecule has 0 aromatic rings. The summed E-state index contributed by atoms with van der Waals surface area (Å²) < 4.78 is 5.36. The lowest BCUT2D eigenvalue weighted by Crippen LogP contribution is -2.40. The Bertz CT molecular complexity index is 271. The summed E-state index contributed by atoms with van der Waals surface area (Å²) in [5, 5.41) is 3.12. The highest BCUT2D eigenvalue weighted by Crippen LogP contribution is 2.26. The van der Waals surface area contributed by atoms with Crippen LogP contribution in [0.4, 0.5) is 0 Å². The van der Waals surface area contributed by atoms with Gasteiger partial charge in [-0.25, -0.2) is 0 Å². The van der Waals surface area contributed by atoms with Crippen molar-refractivity contribution in [2.24, 2.45) is 17.6 Å². The summed E-state index contributed by atoms with van der Waals surface area (Å²) in [6.07, 6.45) is 6.16. The van der Waals surface area contributed by atoms with Crippen molar-refractivity contribution in [1.29, 1.82) is 0 Å². The number of hydrogen-bond donors (Lipinski definition) is 2. The van der Waals surface area contributed by atoms with Gasteiger partial charge >= 0.3 is 0 Å². The van der Waals surface area contributed by atoms with E-state index in [0.717, 1.165) is 38.9 Å². The average Bonchev–Trinajstić information content (AvgIpc) is 2.81. The molecule has 1 amide bonds. The summed E-state index contributed by atoms with van der Waals surface area (Å²) in [5.74, 6) is 1.16. The molecule has 1 saturated heterocycles. The minimum Gasteiger partial charge on any atom is -0.381 e. The van der Waals surface area contributed by atoms with E-state index in [2.05, 4.69) is 12.2 Å². The van der Waals surface area contributed by atoms with Crippen LogP contribution in [-0.4, -0.2) is 31.2 Å². The van der Waals surface area contributed by atoms with Crippen LogP contribution in [0, 0.1) is 11.8 Å². The summed E-state index contributed by atoms with van der Waals surface area (Å²) >= 11 is 0. The Morgan fingerprint density at radius 1 is 1.44 bits per heavy atom. The van der Waals surface area contributed by atoms with E-state index in [1.807, 2.05) is 0 Å². The van der Waals surface area contributed by atoms with Gasteiger partial charge in [0, 0.05) is 31.0 Å². The zero-order chi connectivity index (χ0) is 13.0. The van der Waals surface area contributed by atoms with E-state index in [4.69, 9.17) is 10.5 Å². The van der Waals surface area contributed by atoms with Gasteiger partial charge in [-0.2, -0.15) is 0 Å². The molecule has 18 heavy (non-hydrogen) atoms. The molecule has 2 fully saturated rings. The minimum atomic E-state index is 0.188. The van der Waals surface area contributed by atoms with Crippen LogP contribution in [0.5, 0.6) is 0 Å². The smallest absolute Gasteiger partial charge is 0.220 e. The molecule has 4 heteroatoms. The fourth-order valence-electron chi connectivity index (χ4n) is 3.16. The Morgan fingerprint density at radius 2 is 2.28 bits per heavy atom. The second-order valence-electron chi connectivity index (χ2n) is 5.98. The lowest BCUT2D eigenvalue weighted by atomic mass is 9.84. The van der Waals surface area contributed by atoms with Gasteiger partial charge in [-0.3, -0.25) is 4.79 Å². The summed E-state index contributed by atoms with van der Waals surface area (Å²) in [7, 11) is 0. The molecule has 104 valence electrons.